The highest BCUT2D eigenvalue weighted by molar-refractivity contribution is 5.88. The number of phenols is 1. The SMILES string of the molecule is Oc1ccc2cc(C3=CCCC=C3)ccc2c1. The lowest BCUT2D eigenvalue weighted by Gasteiger charge is -2.08. The molecule has 3 rings (SSSR count). The largest absolute Gasteiger partial charge is 0.508 e. The number of allylic oxidation sites excluding steroid dienone is 4. The van der Waals surface area contributed by atoms with E-state index in [1.807, 2.05) is 6.07 Å². The first-order valence-corrected chi connectivity index (χ1v) is 5.93. The zero-order chi connectivity index (χ0) is 11.7. The molecule has 0 amide bonds. The molecule has 1 aliphatic carbocycles. The molecule has 0 atom stereocenters. The second kappa shape index (κ2) is 4.10. The van der Waals surface area contributed by atoms with Crippen LogP contribution in [0.2, 0.25) is 0 Å². The third kappa shape index (κ3) is 1.96. The van der Waals surface area contributed by atoms with Crippen LogP contribution in [0.3, 0.4) is 0 Å². The van der Waals surface area contributed by atoms with Gasteiger partial charge >= 0.3 is 0 Å². The van der Waals surface area contributed by atoms with Crippen LogP contribution in [0.25, 0.3) is 16.3 Å². The van der Waals surface area contributed by atoms with E-state index in [1.165, 1.54) is 16.5 Å². The van der Waals surface area contributed by atoms with E-state index in [2.05, 4.69) is 36.4 Å². The van der Waals surface area contributed by atoms with Crippen LogP contribution in [0, 0.1) is 0 Å². The van der Waals surface area contributed by atoms with Gasteiger partial charge in [-0.25, -0.2) is 0 Å². The molecule has 0 aliphatic heterocycles. The zero-order valence-electron chi connectivity index (χ0n) is 9.56. The van der Waals surface area contributed by atoms with Crippen LogP contribution in [0.5, 0.6) is 5.75 Å². The Hall–Kier alpha value is -2.02. The van der Waals surface area contributed by atoms with Crippen molar-refractivity contribution in [2.24, 2.45) is 0 Å². The molecule has 1 nitrogen and oxygen atoms in total. The first kappa shape index (κ1) is 10.2. The quantitative estimate of drug-likeness (QED) is 0.763. The summed E-state index contributed by atoms with van der Waals surface area (Å²) in [4.78, 5) is 0. The molecule has 0 saturated carbocycles. The minimum atomic E-state index is 0.321. The number of phenolic OH excluding ortho intramolecular Hbond substituents is 1. The standard InChI is InChI=1S/C16H14O/c17-16-9-8-14-10-13(6-7-15(14)11-16)12-4-2-1-3-5-12/h2,4-11,17H,1,3H2. The van der Waals surface area contributed by atoms with Gasteiger partial charge in [-0.3, -0.25) is 0 Å². The molecule has 0 heterocycles. The number of benzene rings is 2. The third-order valence-electron chi connectivity index (χ3n) is 3.15. The van der Waals surface area contributed by atoms with Crippen LogP contribution < -0.4 is 0 Å². The molecule has 0 fully saturated rings. The molecular weight excluding hydrogens is 208 g/mol. The predicted octanol–water partition coefficient (Wildman–Crippen LogP) is 4.28. The molecule has 1 aliphatic rings. The summed E-state index contributed by atoms with van der Waals surface area (Å²) in [6.07, 6.45) is 8.95. The highest BCUT2D eigenvalue weighted by atomic mass is 16.3. The zero-order valence-corrected chi connectivity index (χ0v) is 9.56. The highest BCUT2D eigenvalue weighted by Gasteiger charge is 2.03. The van der Waals surface area contributed by atoms with Crippen molar-refractivity contribution in [1.29, 1.82) is 0 Å². The normalized spacial score (nSPS) is 14.9. The van der Waals surface area contributed by atoms with Gasteiger partial charge in [0.25, 0.3) is 0 Å². The summed E-state index contributed by atoms with van der Waals surface area (Å²) in [6, 6.07) is 11.8. The van der Waals surface area contributed by atoms with E-state index >= 15 is 0 Å². The Kier molecular flexibility index (Phi) is 2.45. The van der Waals surface area contributed by atoms with Gasteiger partial charge in [-0.1, -0.05) is 36.4 Å². The minimum Gasteiger partial charge on any atom is -0.508 e. The van der Waals surface area contributed by atoms with E-state index in [0.29, 0.717) is 5.75 Å². The van der Waals surface area contributed by atoms with Gasteiger partial charge in [0.1, 0.15) is 5.75 Å². The topological polar surface area (TPSA) is 20.2 Å². The number of hydrogen-bond acceptors (Lipinski definition) is 1. The van der Waals surface area contributed by atoms with Gasteiger partial charge in [0.2, 0.25) is 0 Å². The summed E-state index contributed by atoms with van der Waals surface area (Å²) in [5.74, 6) is 0.321. The second-order valence-electron chi connectivity index (χ2n) is 4.39. The van der Waals surface area contributed by atoms with Crippen molar-refractivity contribution in [3.63, 3.8) is 0 Å². The summed E-state index contributed by atoms with van der Waals surface area (Å²) in [5.41, 5.74) is 2.55. The molecular formula is C16H14O. The van der Waals surface area contributed by atoms with Gasteiger partial charge in [-0.2, -0.15) is 0 Å². The molecule has 2 aromatic carbocycles. The van der Waals surface area contributed by atoms with E-state index in [1.54, 1.807) is 12.1 Å². The molecule has 0 radical (unpaired) electrons. The van der Waals surface area contributed by atoms with Gasteiger partial charge in [0.05, 0.1) is 0 Å². The fourth-order valence-corrected chi connectivity index (χ4v) is 2.24. The van der Waals surface area contributed by atoms with Gasteiger partial charge < -0.3 is 5.11 Å². The first-order valence-electron chi connectivity index (χ1n) is 5.93. The fraction of sp³-hybridized carbons (Fsp3) is 0.125. The van der Waals surface area contributed by atoms with Crippen molar-refractivity contribution < 1.29 is 5.11 Å². The van der Waals surface area contributed by atoms with Gasteiger partial charge in [0, 0.05) is 0 Å². The fourth-order valence-electron chi connectivity index (χ4n) is 2.24. The van der Waals surface area contributed by atoms with E-state index in [9.17, 15) is 5.11 Å². The number of hydrogen-bond donors (Lipinski definition) is 1. The lowest BCUT2D eigenvalue weighted by molar-refractivity contribution is 0.476. The minimum absolute atomic E-state index is 0.321. The molecule has 0 saturated heterocycles. The lowest BCUT2D eigenvalue weighted by atomic mass is 9.97. The summed E-state index contributed by atoms with van der Waals surface area (Å²) in [5, 5.41) is 11.7. The van der Waals surface area contributed by atoms with Crippen molar-refractivity contribution in [3.05, 3.63) is 60.2 Å². The summed E-state index contributed by atoms with van der Waals surface area (Å²) in [6.45, 7) is 0. The molecule has 0 spiro atoms. The Balaban J connectivity index is 2.10. The van der Waals surface area contributed by atoms with Crippen molar-refractivity contribution in [2.75, 3.05) is 0 Å². The highest BCUT2D eigenvalue weighted by Crippen LogP contribution is 2.26. The number of aromatic hydroxyl groups is 1. The molecule has 1 heteroatoms. The Morgan fingerprint density at radius 1 is 0.882 bits per heavy atom. The van der Waals surface area contributed by atoms with E-state index in [0.717, 1.165) is 18.2 Å². The Bertz CT molecular complexity index is 620. The van der Waals surface area contributed by atoms with E-state index < -0.39 is 0 Å². The summed E-state index contributed by atoms with van der Waals surface area (Å²) in [7, 11) is 0. The van der Waals surface area contributed by atoms with Crippen LogP contribution in [0.15, 0.2) is 54.6 Å². The van der Waals surface area contributed by atoms with Crippen molar-refractivity contribution >= 4 is 16.3 Å². The average Bonchev–Trinajstić information content (AvgIpc) is 2.39. The Morgan fingerprint density at radius 2 is 1.71 bits per heavy atom. The van der Waals surface area contributed by atoms with Crippen LogP contribution in [0.1, 0.15) is 18.4 Å². The van der Waals surface area contributed by atoms with Crippen LogP contribution >= 0.6 is 0 Å². The van der Waals surface area contributed by atoms with Gasteiger partial charge in [0.15, 0.2) is 0 Å². The molecule has 0 unspecified atom stereocenters. The Morgan fingerprint density at radius 3 is 2.53 bits per heavy atom. The average molecular weight is 222 g/mol. The van der Waals surface area contributed by atoms with E-state index in [-0.39, 0.29) is 0 Å². The molecule has 1 N–H and O–H groups in total. The van der Waals surface area contributed by atoms with Gasteiger partial charge in [-0.15, -0.1) is 0 Å². The molecule has 17 heavy (non-hydrogen) atoms. The molecule has 84 valence electrons. The molecule has 0 bridgehead atoms. The molecule has 0 aromatic heterocycles. The third-order valence-corrected chi connectivity index (χ3v) is 3.15. The van der Waals surface area contributed by atoms with E-state index in [4.69, 9.17) is 0 Å². The predicted molar refractivity (Wildman–Crippen MR) is 72.0 cm³/mol. The Labute approximate surface area is 101 Å². The number of fused-ring (bicyclic) bond motifs is 1. The monoisotopic (exact) mass is 222 g/mol. The van der Waals surface area contributed by atoms with Crippen molar-refractivity contribution in [3.8, 4) is 5.75 Å². The van der Waals surface area contributed by atoms with Crippen LogP contribution in [-0.4, -0.2) is 5.11 Å². The maximum absolute atomic E-state index is 9.43. The van der Waals surface area contributed by atoms with Crippen molar-refractivity contribution in [2.45, 2.75) is 12.8 Å². The van der Waals surface area contributed by atoms with Crippen LogP contribution in [0.4, 0.5) is 0 Å². The number of rotatable bonds is 1. The summed E-state index contributed by atoms with van der Waals surface area (Å²) < 4.78 is 0. The maximum Gasteiger partial charge on any atom is 0.116 e. The lowest BCUT2D eigenvalue weighted by Crippen LogP contribution is -1.86. The van der Waals surface area contributed by atoms with Crippen molar-refractivity contribution in [1.82, 2.24) is 0 Å². The van der Waals surface area contributed by atoms with Crippen LogP contribution in [-0.2, 0) is 0 Å². The summed E-state index contributed by atoms with van der Waals surface area (Å²) >= 11 is 0. The second-order valence-corrected chi connectivity index (χ2v) is 4.39. The smallest absolute Gasteiger partial charge is 0.116 e. The molecule has 2 aromatic rings. The maximum atomic E-state index is 9.43. The van der Waals surface area contributed by atoms with Gasteiger partial charge in [-0.05, 0) is 52.9 Å². The first-order chi connectivity index (χ1) is 8.33.